The summed E-state index contributed by atoms with van der Waals surface area (Å²) in [5, 5.41) is 13.0. The van der Waals surface area contributed by atoms with Gasteiger partial charge in [-0.05, 0) is 12.5 Å². The highest BCUT2D eigenvalue weighted by atomic mass is 35.5. The number of halogens is 1. The van der Waals surface area contributed by atoms with Gasteiger partial charge in [-0.2, -0.15) is 4.98 Å². The van der Waals surface area contributed by atoms with Gasteiger partial charge in [-0.25, -0.2) is 9.97 Å². The summed E-state index contributed by atoms with van der Waals surface area (Å²) in [7, 11) is 0. The van der Waals surface area contributed by atoms with E-state index in [0.717, 1.165) is 12.8 Å². The third-order valence-corrected chi connectivity index (χ3v) is 2.92. The molecule has 0 amide bonds. The molecule has 0 saturated carbocycles. The van der Waals surface area contributed by atoms with E-state index >= 15 is 0 Å². The molecule has 0 fully saturated rings. The quantitative estimate of drug-likeness (QED) is 0.774. The van der Waals surface area contributed by atoms with Crippen LogP contribution in [0.4, 0.5) is 11.8 Å². The van der Waals surface area contributed by atoms with Crippen LogP contribution in [0.3, 0.4) is 0 Å². The molecule has 0 aliphatic carbocycles. The van der Waals surface area contributed by atoms with Crippen molar-refractivity contribution in [2.24, 2.45) is 0 Å². The Balaban J connectivity index is 2.41. The summed E-state index contributed by atoms with van der Waals surface area (Å²) in [4.78, 5) is 12.4. The molecule has 2 aromatic heterocycles. The maximum absolute atomic E-state index is 9.33. The van der Waals surface area contributed by atoms with E-state index < -0.39 is 0 Å². The minimum absolute atomic E-state index is 0.0207. The van der Waals surface area contributed by atoms with Crippen LogP contribution in [0, 0.1) is 0 Å². The first kappa shape index (κ1) is 13.8. The summed E-state index contributed by atoms with van der Waals surface area (Å²) in [6.07, 6.45) is 3.31. The molecular weight excluding hydrogens is 266 g/mol. The lowest BCUT2D eigenvalue weighted by Crippen LogP contribution is -2.24. The highest BCUT2D eigenvalue weighted by Crippen LogP contribution is 2.22. The molecule has 0 saturated heterocycles. The number of pyridine rings is 1. The molecule has 19 heavy (non-hydrogen) atoms. The molecule has 0 bridgehead atoms. The number of nitrogens with two attached hydrogens (primary N) is 1. The Morgan fingerprint density at radius 1 is 1.47 bits per heavy atom. The SMILES string of the molecule is CCC[C@@H](CO)Nc1nc(N)nc2cc(Cl)cnc12. The van der Waals surface area contributed by atoms with Gasteiger partial charge in [0.15, 0.2) is 5.82 Å². The largest absolute Gasteiger partial charge is 0.394 e. The van der Waals surface area contributed by atoms with Crippen molar-refractivity contribution in [2.75, 3.05) is 17.7 Å². The van der Waals surface area contributed by atoms with Crippen LogP contribution >= 0.6 is 11.6 Å². The zero-order valence-corrected chi connectivity index (χ0v) is 11.4. The first-order valence-corrected chi connectivity index (χ1v) is 6.48. The highest BCUT2D eigenvalue weighted by molar-refractivity contribution is 6.31. The van der Waals surface area contributed by atoms with Crippen molar-refractivity contribution in [2.45, 2.75) is 25.8 Å². The summed E-state index contributed by atoms with van der Waals surface area (Å²) >= 11 is 5.88. The smallest absolute Gasteiger partial charge is 0.222 e. The zero-order chi connectivity index (χ0) is 13.8. The van der Waals surface area contributed by atoms with Gasteiger partial charge in [0.1, 0.15) is 5.52 Å². The molecule has 0 unspecified atom stereocenters. The van der Waals surface area contributed by atoms with E-state index in [0.29, 0.717) is 21.9 Å². The average molecular weight is 282 g/mol. The number of aliphatic hydroxyl groups is 1. The van der Waals surface area contributed by atoms with E-state index in [2.05, 4.69) is 27.2 Å². The molecule has 0 radical (unpaired) electrons. The fourth-order valence-electron chi connectivity index (χ4n) is 1.86. The summed E-state index contributed by atoms with van der Waals surface area (Å²) < 4.78 is 0. The van der Waals surface area contributed by atoms with Crippen LogP contribution in [-0.2, 0) is 0 Å². The van der Waals surface area contributed by atoms with E-state index in [4.69, 9.17) is 17.3 Å². The van der Waals surface area contributed by atoms with Crippen molar-refractivity contribution in [1.82, 2.24) is 15.0 Å². The second-order valence-corrected chi connectivity index (χ2v) is 4.70. The summed E-state index contributed by atoms with van der Waals surface area (Å²) in [6.45, 7) is 2.07. The number of rotatable bonds is 5. The zero-order valence-electron chi connectivity index (χ0n) is 10.6. The van der Waals surface area contributed by atoms with Crippen LogP contribution in [0.5, 0.6) is 0 Å². The van der Waals surface area contributed by atoms with Crippen LogP contribution in [0.15, 0.2) is 12.3 Å². The topological polar surface area (TPSA) is 97.0 Å². The highest BCUT2D eigenvalue weighted by Gasteiger charge is 2.12. The van der Waals surface area contributed by atoms with Crippen molar-refractivity contribution in [3.63, 3.8) is 0 Å². The van der Waals surface area contributed by atoms with Crippen LogP contribution in [0.1, 0.15) is 19.8 Å². The van der Waals surface area contributed by atoms with Crippen molar-refractivity contribution in [3.8, 4) is 0 Å². The van der Waals surface area contributed by atoms with Crippen LogP contribution in [0.25, 0.3) is 11.0 Å². The van der Waals surface area contributed by atoms with Gasteiger partial charge in [-0.15, -0.1) is 0 Å². The second-order valence-electron chi connectivity index (χ2n) is 4.26. The second kappa shape index (κ2) is 5.99. The predicted molar refractivity (Wildman–Crippen MR) is 76.2 cm³/mol. The van der Waals surface area contributed by atoms with Gasteiger partial charge >= 0.3 is 0 Å². The van der Waals surface area contributed by atoms with Gasteiger partial charge in [0.05, 0.1) is 23.2 Å². The molecule has 0 aliphatic rings. The van der Waals surface area contributed by atoms with Crippen LogP contribution in [-0.4, -0.2) is 32.7 Å². The van der Waals surface area contributed by atoms with Crippen LogP contribution in [0.2, 0.25) is 5.02 Å². The van der Waals surface area contributed by atoms with E-state index in [1.807, 2.05) is 0 Å². The molecule has 4 N–H and O–H groups in total. The summed E-state index contributed by atoms with van der Waals surface area (Å²) in [6, 6.07) is 1.60. The number of nitrogens with one attached hydrogen (secondary N) is 1. The molecule has 7 heteroatoms. The Kier molecular flexibility index (Phi) is 4.34. The fraction of sp³-hybridized carbons (Fsp3) is 0.417. The van der Waals surface area contributed by atoms with Gasteiger partial charge in [0, 0.05) is 6.20 Å². The first-order chi connectivity index (χ1) is 9.13. The maximum Gasteiger partial charge on any atom is 0.222 e. The molecule has 2 aromatic rings. The molecule has 2 rings (SSSR count). The van der Waals surface area contributed by atoms with E-state index in [-0.39, 0.29) is 18.6 Å². The normalized spacial score (nSPS) is 12.6. The van der Waals surface area contributed by atoms with Crippen LogP contribution < -0.4 is 11.1 Å². The lowest BCUT2D eigenvalue weighted by atomic mass is 10.2. The van der Waals surface area contributed by atoms with Gasteiger partial charge in [0.2, 0.25) is 5.95 Å². The molecule has 6 nitrogen and oxygen atoms in total. The average Bonchev–Trinajstić information content (AvgIpc) is 2.37. The molecule has 102 valence electrons. The number of hydrogen-bond donors (Lipinski definition) is 3. The van der Waals surface area contributed by atoms with E-state index in [1.54, 1.807) is 6.07 Å². The Morgan fingerprint density at radius 2 is 2.26 bits per heavy atom. The number of fused-ring (bicyclic) bond motifs is 1. The van der Waals surface area contributed by atoms with Gasteiger partial charge in [-0.3, -0.25) is 0 Å². The number of nitrogen functional groups attached to an aromatic ring is 1. The van der Waals surface area contributed by atoms with Crippen molar-refractivity contribution in [1.29, 1.82) is 0 Å². The Morgan fingerprint density at radius 3 is 2.95 bits per heavy atom. The monoisotopic (exact) mass is 281 g/mol. The molecule has 0 spiro atoms. The third-order valence-electron chi connectivity index (χ3n) is 2.72. The molecule has 0 aromatic carbocycles. The molecule has 0 aliphatic heterocycles. The Hall–Kier alpha value is -1.66. The number of aliphatic hydroxyl groups excluding tert-OH is 1. The lowest BCUT2D eigenvalue weighted by Gasteiger charge is -2.17. The number of anilines is 2. The number of nitrogens with zero attached hydrogens (tertiary/aromatic N) is 3. The lowest BCUT2D eigenvalue weighted by molar-refractivity contribution is 0.268. The standard InChI is InChI=1S/C12H16ClN5O/c1-2-3-8(6-19)16-11-10-9(17-12(14)18-11)4-7(13)5-15-10/h4-5,8,19H,2-3,6H2,1H3,(H3,14,16,17,18)/t8-/m0/s1. The maximum atomic E-state index is 9.33. The van der Waals surface area contributed by atoms with Gasteiger partial charge in [0.25, 0.3) is 0 Å². The Bertz CT molecular complexity index is 572. The van der Waals surface area contributed by atoms with Crippen molar-refractivity contribution >= 4 is 34.4 Å². The minimum atomic E-state index is -0.0834. The van der Waals surface area contributed by atoms with E-state index in [1.165, 1.54) is 6.20 Å². The van der Waals surface area contributed by atoms with Crippen molar-refractivity contribution < 1.29 is 5.11 Å². The number of aromatic nitrogens is 3. The summed E-state index contributed by atoms with van der Waals surface area (Å²) in [5.41, 5.74) is 6.84. The first-order valence-electron chi connectivity index (χ1n) is 6.10. The number of hydrogen-bond acceptors (Lipinski definition) is 6. The predicted octanol–water partition coefficient (Wildman–Crippen LogP) is 1.83. The Labute approximate surface area is 116 Å². The third kappa shape index (κ3) is 3.21. The van der Waals surface area contributed by atoms with Crippen molar-refractivity contribution in [3.05, 3.63) is 17.3 Å². The van der Waals surface area contributed by atoms with Gasteiger partial charge in [-0.1, -0.05) is 24.9 Å². The molecule has 1 atom stereocenters. The van der Waals surface area contributed by atoms with E-state index in [9.17, 15) is 5.11 Å². The van der Waals surface area contributed by atoms with Gasteiger partial charge < -0.3 is 16.2 Å². The fourth-order valence-corrected chi connectivity index (χ4v) is 2.02. The summed E-state index contributed by atoms with van der Waals surface area (Å²) in [5.74, 6) is 0.666. The minimum Gasteiger partial charge on any atom is -0.394 e. The molecular formula is C12H16ClN5O. The molecule has 2 heterocycles.